The number of hydrogen-bond acceptors (Lipinski definition) is 4. The van der Waals surface area contributed by atoms with Gasteiger partial charge in [0.05, 0.1) is 6.04 Å². The van der Waals surface area contributed by atoms with E-state index < -0.39 is 17.4 Å². The summed E-state index contributed by atoms with van der Waals surface area (Å²) in [6.07, 6.45) is 0. The lowest BCUT2D eigenvalue weighted by molar-refractivity contribution is -0.145. The van der Waals surface area contributed by atoms with E-state index in [1.165, 1.54) is 0 Å². The van der Waals surface area contributed by atoms with E-state index in [0.717, 1.165) is 5.88 Å². The lowest BCUT2D eigenvalue weighted by Gasteiger charge is -2.28. The van der Waals surface area contributed by atoms with Gasteiger partial charge in [-0.15, -0.1) is 11.8 Å². The molecule has 1 amide bonds. The molecule has 0 aromatic heterocycles. The SMILES string of the molecule is CC(C)(C)[C@H](NC(=O)C1CSCN1)C(=O)O. The summed E-state index contributed by atoms with van der Waals surface area (Å²) < 4.78 is 0. The Morgan fingerprint density at radius 2 is 2.12 bits per heavy atom. The van der Waals surface area contributed by atoms with Crippen LogP contribution in [0.3, 0.4) is 0 Å². The van der Waals surface area contributed by atoms with Gasteiger partial charge in [-0.2, -0.15) is 0 Å². The molecule has 0 spiro atoms. The summed E-state index contributed by atoms with van der Waals surface area (Å²) in [5.41, 5.74) is -0.493. The first kappa shape index (κ1) is 13.3. The Balaban J connectivity index is 2.61. The highest BCUT2D eigenvalue weighted by Gasteiger charge is 2.34. The molecule has 3 N–H and O–H groups in total. The minimum Gasteiger partial charge on any atom is -0.480 e. The van der Waals surface area contributed by atoms with Crippen molar-refractivity contribution in [2.24, 2.45) is 5.41 Å². The van der Waals surface area contributed by atoms with Crippen molar-refractivity contribution in [1.82, 2.24) is 10.6 Å². The van der Waals surface area contributed by atoms with Gasteiger partial charge < -0.3 is 10.4 Å². The summed E-state index contributed by atoms with van der Waals surface area (Å²) in [7, 11) is 0. The van der Waals surface area contributed by atoms with Crippen molar-refractivity contribution >= 4 is 23.6 Å². The van der Waals surface area contributed by atoms with Crippen LogP contribution in [0.5, 0.6) is 0 Å². The molecule has 1 aliphatic rings. The number of carboxylic acid groups (broad SMARTS) is 1. The highest BCUT2D eigenvalue weighted by molar-refractivity contribution is 7.99. The number of carboxylic acids is 1. The van der Waals surface area contributed by atoms with E-state index in [2.05, 4.69) is 10.6 Å². The molecule has 0 aliphatic carbocycles. The summed E-state index contributed by atoms with van der Waals surface area (Å²) in [6.45, 7) is 5.38. The van der Waals surface area contributed by atoms with Crippen molar-refractivity contribution in [3.05, 3.63) is 0 Å². The van der Waals surface area contributed by atoms with E-state index in [1.807, 2.05) is 0 Å². The standard InChI is InChI=1S/C10H18N2O3S/c1-10(2,3)7(9(14)15)12-8(13)6-4-16-5-11-6/h6-7,11H,4-5H2,1-3H3,(H,12,13)(H,14,15)/t6?,7-/m1/s1. The second-order valence-corrected chi connectivity index (χ2v) is 5.95. The molecule has 2 atom stereocenters. The third kappa shape index (κ3) is 3.38. The second kappa shape index (κ2) is 5.05. The van der Waals surface area contributed by atoms with Crippen molar-refractivity contribution in [3.63, 3.8) is 0 Å². The smallest absolute Gasteiger partial charge is 0.326 e. The lowest BCUT2D eigenvalue weighted by Crippen LogP contribution is -2.54. The average molecular weight is 246 g/mol. The maximum absolute atomic E-state index is 11.8. The average Bonchev–Trinajstić information content (AvgIpc) is 2.63. The minimum atomic E-state index is -0.994. The first-order valence-corrected chi connectivity index (χ1v) is 6.32. The molecule has 1 rings (SSSR count). The molecule has 92 valence electrons. The second-order valence-electron chi connectivity index (χ2n) is 4.92. The molecule has 1 unspecified atom stereocenters. The van der Waals surface area contributed by atoms with Gasteiger partial charge in [-0.3, -0.25) is 10.1 Å². The predicted molar refractivity (Wildman–Crippen MR) is 63.3 cm³/mol. The van der Waals surface area contributed by atoms with Gasteiger partial charge in [0, 0.05) is 11.6 Å². The van der Waals surface area contributed by atoms with Crippen molar-refractivity contribution in [2.75, 3.05) is 11.6 Å². The molecule has 0 radical (unpaired) electrons. The molecule has 1 heterocycles. The molecule has 0 aromatic carbocycles. The Hall–Kier alpha value is -0.750. The van der Waals surface area contributed by atoms with Gasteiger partial charge in [0.2, 0.25) is 5.91 Å². The molecule has 1 saturated heterocycles. The third-order valence-corrected chi connectivity index (χ3v) is 3.37. The van der Waals surface area contributed by atoms with Crippen molar-refractivity contribution < 1.29 is 14.7 Å². The molecule has 1 fully saturated rings. The first-order chi connectivity index (χ1) is 7.32. The summed E-state index contributed by atoms with van der Waals surface area (Å²) in [5, 5.41) is 14.7. The molecule has 0 saturated carbocycles. The van der Waals surface area contributed by atoms with Crippen LogP contribution in [0.25, 0.3) is 0 Å². The molecule has 5 nitrogen and oxygen atoms in total. The maximum atomic E-state index is 11.8. The Morgan fingerprint density at radius 3 is 2.50 bits per heavy atom. The molecule has 0 bridgehead atoms. The number of nitrogens with one attached hydrogen (secondary N) is 2. The quantitative estimate of drug-likeness (QED) is 0.666. The minimum absolute atomic E-state index is 0.229. The van der Waals surface area contributed by atoms with Crippen molar-refractivity contribution in [2.45, 2.75) is 32.9 Å². The fourth-order valence-electron chi connectivity index (χ4n) is 1.46. The first-order valence-electron chi connectivity index (χ1n) is 5.16. The third-order valence-electron chi connectivity index (χ3n) is 2.43. The van der Waals surface area contributed by atoms with Crippen LogP contribution in [0, 0.1) is 5.41 Å². The fourth-order valence-corrected chi connectivity index (χ4v) is 2.40. The number of thioether (sulfide) groups is 1. The fraction of sp³-hybridized carbons (Fsp3) is 0.800. The van der Waals surface area contributed by atoms with Gasteiger partial charge in [0.1, 0.15) is 6.04 Å². The highest BCUT2D eigenvalue weighted by Crippen LogP contribution is 2.20. The topological polar surface area (TPSA) is 78.4 Å². The molecular weight excluding hydrogens is 228 g/mol. The molecule has 0 aromatic rings. The van der Waals surface area contributed by atoms with Crippen LogP contribution in [0.2, 0.25) is 0 Å². The normalized spacial score (nSPS) is 22.8. The lowest BCUT2D eigenvalue weighted by atomic mass is 9.86. The van der Waals surface area contributed by atoms with Gasteiger partial charge in [-0.05, 0) is 5.41 Å². The number of rotatable bonds is 3. The van der Waals surface area contributed by atoms with Crippen LogP contribution in [0.4, 0.5) is 0 Å². The van der Waals surface area contributed by atoms with Crippen LogP contribution in [0.15, 0.2) is 0 Å². The largest absolute Gasteiger partial charge is 0.480 e. The summed E-state index contributed by atoms with van der Waals surface area (Å²) in [6, 6.07) is -1.12. The van der Waals surface area contributed by atoms with E-state index in [0.29, 0.717) is 5.75 Å². The van der Waals surface area contributed by atoms with E-state index in [9.17, 15) is 9.59 Å². The van der Waals surface area contributed by atoms with Crippen LogP contribution >= 0.6 is 11.8 Å². The zero-order chi connectivity index (χ0) is 12.3. The molecule has 16 heavy (non-hydrogen) atoms. The Bertz CT molecular complexity index is 282. The zero-order valence-corrected chi connectivity index (χ0v) is 10.6. The van der Waals surface area contributed by atoms with Gasteiger partial charge in [0.15, 0.2) is 0 Å². The summed E-state index contributed by atoms with van der Waals surface area (Å²) >= 11 is 1.63. The van der Waals surface area contributed by atoms with Gasteiger partial charge >= 0.3 is 5.97 Å². The molecular formula is C10H18N2O3S. The van der Waals surface area contributed by atoms with Crippen LogP contribution in [0.1, 0.15) is 20.8 Å². The Kier molecular flexibility index (Phi) is 4.21. The number of carbonyl (C=O) groups is 2. The van der Waals surface area contributed by atoms with E-state index in [-0.39, 0.29) is 11.9 Å². The van der Waals surface area contributed by atoms with Crippen LogP contribution in [-0.2, 0) is 9.59 Å². The van der Waals surface area contributed by atoms with Crippen LogP contribution in [-0.4, -0.2) is 40.7 Å². The van der Waals surface area contributed by atoms with E-state index >= 15 is 0 Å². The van der Waals surface area contributed by atoms with Crippen molar-refractivity contribution in [1.29, 1.82) is 0 Å². The Morgan fingerprint density at radius 1 is 1.50 bits per heavy atom. The number of hydrogen-bond donors (Lipinski definition) is 3. The number of amides is 1. The maximum Gasteiger partial charge on any atom is 0.326 e. The summed E-state index contributed by atoms with van der Waals surface area (Å²) in [5.74, 6) is 0.215. The van der Waals surface area contributed by atoms with E-state index in [1.54, 1.807) is 32.5 Å². The molecule has 1 aliphatic heterocycles. The Labute approximate surface area is 99.4 Å². The highest BCUT2D eigenvalue weighted by atomic mass is 32.2. The van der Waals surface area contributed by atoms with Crippen molar-refractivity contribution in [3.8, 4) is 0 Å². The van der Waals surface area contributed by atoms with Gasteiger partial charge in [-0.25, -0.2) is 4.79 Å². The van der Waals surface area contributed by atoms with Gasteiger partial charge in [-0.1, -0.05) is 20.8 Å². The summed E-state index contributed by atoms with van der Waals surface area (Å²) in [4.78, 5) is 22.8. The van der Waals surface area contributed by atoms with Gasteiger partial charge in [0.25, 0.3) is 0 Å². The monoisotopic (exact) mass is 246 g/mol. The zero-order valence-electron chi connectivity index (χ0n) is 9.74. The number of carbonyl (C=O) groups excluding carboxylic acids is 1. The predicted octanol–water partition coefficient (Wildman–Crippen LogP) is 0.264. The number of aliphatic carboxylic acids is 1. The van der Waals surface area contributed by atoms with E-state index in [4.69, 9.17) is 5.11 Å². The van der Waals surface area contributed by atoms with Crippen LogP contribution < -0.4 is 10.6 Å². The molecule has 6 heteroatoms.